The molecule has 1 saturated heterocycles. The van der Waals surface area contributed by atoms with Crippen LogP contribution in [0.2, 0.25) is 0 Å². The van der Waals surface area contributed by atoms with E-state index in [1.54, 1.807) is 20.8 Å². The van der Waals surface area contributed by atoms with E-state index in [1.807, 2.05) is 0 Å². The molecular weight excluding hydrogens is 425 g/mol. The Morgan fingerprint density at radius 3 is 2.56 bits per heavy atom. The summed E-state index contributed by atoms with van der Waals surface area (Å²) in [6.07, 6.45) is -0.492. The normalized spacial score (nSPS) is 53.2. The van der Waals surface area contributed by atoms with E-state index in [2.05, 4.69) is 0 Å². The third kappa shape index (κ3) is 2.31. The van der Waals surface area contributed by atoms with Crippen molar-refractivity contribution in [2.24, 2.45) is 22.7 Å². The van der Waals surface area contributed by atoms with Gasteiger partial charge in [-0.3, -0.25) is 9.59 Å². The lowest BCUT2D eigenvalue weighted by Gasteiger charge is -2.63. The molecule has 0 aromatic heterocycles. The first kappa shape index (κ1) is 22.3. The van der Waals surface area contributed by atoms with Crippen LogP contribution in [-0.2, 0) is 19.1 Å². The Hall–Kier alpha value is -1.51. The van der Waals surface area contributed by atoms with Crippen molar-refractivity contribution in [3.8, 4) is 0 Å². The van der Waals surface area contributed by atoms with Gasteiger partial charge in [-0.25, -0.2) is 13.2 Å². The Morgan fingerprint density at radius 2 is 1.91 bits per heavy atom. The largest absolute Gasteiger partial charge is 0.390 e. The number of Topliss-reactive ketones (excluding diaryl/α,β-unsaturated/α-hetero) is 1. The van der Waals surface area contributed by atoms with Gasteiger partial charge in [-0.1, -0.05) is 13.0 Å². The van der Waals surface area contributed by atoms with Crippen LogP contribution in [0.15, 0.2) is 23.8 Å². The minimum absolute atomic E-state index is 0.0350. The number of aliphatic hydroxyl groups excluding tert-OH is 1. The summed E-state index contributed by atoms with van der Waals surface area (Å²) >= 11 is 0. The summed E-state index contributed by atoms with van der Waals surface area (Å²) in [5, 5.41) is 11.3. The molecule has 0 aromatic rings. The summed E-state index contributed by atoms with van der Waals surface area (Å²) in [5.74, 6) is -3.92. The predicted octanol–water partition coefficient (Wildman–Crippen LogP) is 3.34. The van der Waals surface area contributed by atoms with Crippen LogP contribution in [0.1, 0.15) is 47.0 Å². The highest BCUT2D eigenvalue weighted by Gasteiger charge is 2.80. The molecule has 5 nitrogen and oxygen atoms in total. The number of ether oxygens (including phenoxy) is 2. The Balaban J connectivity index is 1.66. The molecule has 1 heterocycles. The highest BCUT2D eigenvalue weighted by molar-refractivity contribution is 6.01. The van der Waals surface area contributed by atoms with Crippen molar-refractivity contribution >= 4 is 11.6 Å². The van der Waals surface area contributed by atoms with Crippen molar-refractivity contribution in [3.63, 3.8) is 0 Å². The van der Waals surface area contributed by atoms with E-state index in [1.165, 1.54) is 19.1 Å². The maximum atomic E-state index is 17.1. The Morgan fingerprint density at radius 1 is 1.22 bits per heavy atom. The number of hydrogen-bond donors (Lipinski definition) is 1. The lowest BCUT2D eigenvalue weighted by atomic mass is 9.44. The van der Waals surface area contributed by atoms with Gasteiger partial charge in [0.2, 0.25) is 0 Å². The number of carbonyl (C=O) groups is 2. The van der Waals surface area contributed by atoms with E-state index < -0.39 is 76.3 Å². The van der Waals surface area contributed by atoms with Gasteiger partial charge in [0.25, 0.3) is 0 Å². The minimum Gasteiger partial charge on any atom is -0.390 e. The molecule has 1 aliphatic heterocycles. The molecule has 3 saturated carbocycles. The Labute approximate surface area is 185 Å². The second-order valence-electron chi connectivity index (χ2n) is 11.0. The fourth-order valence-corrected chi connectivity index (χ4v) is 7.90. The summed E-state index contributed by atoms with van der Waals surface area (Å²) in [6, 6.07) is 0. The lowest BCUT2D eigenvalue weighted by molar-refractivity contribution is -0.248. The van der Waals surface area contributed by atoms with Crippen LogP contribution in [0.5, 0.6) is 0 Å². The molecular formula is C24H29F3O5. The Bertz CT molecular complexity index is 961. The van der Waals surface area contributed by atoms with Crippen molar-refractivity contribution in [1.82, 2.24) is 0 Å². The van der Waals surface area contributed by atoms with Crippen LogP contribution in [0.3, 0.4) is 0 Å². The lowest BCUT2D eigenvalue weighted by Crippen LogP contribution is -2.71. The van der Waals surface area contributed by atoms with Crippen LogP contribution in [-0.4, -0.2) is 58.8 Å². The number of fused-ring (bicyclic) bond motifs is 7. The Kier molecular flexibility index (Phi) is 4.41. The molecule has 5 rings (SSSR count). The molecule has 1 N–H and O–H groups in total. The zero-order valence-corrected chi connectivity index (χ0v) is 18.7. The first-order valence-corrected chi connectivity index (χ1v) is 11.2. The number of allylic oxidation sites excluding steroid dienone is 4. The average Bonchev–Trinajstić information content (AvgIpc) is 3.11. The molecule has 0 aromatic carbocycles. The van der Waals surface area contributed by atoms with Crippen LogP contribution in [0, 0.1) is 22.7 Å². The van der Waals surface area contributed by atoms with E-state index in [4.69, 9.17) is 9.47 Å². The molecule has 5 aliphatic rings. The summed E-state index contributed by atoms with van der Waals surface area (Å²) in [4.78, 5) is 24.9. The van der Waals surface area contributed by atoms with E-state index >= 15 is 8.78 Å². The monoisotopic (exact) mass is 454 g/mol. The molecule has 0 bridgehead atoms. The van der Waals surface area contributed by atoms with Crippen LogP contribution < -0.4 is 0 Å². The number of hydrogen-bond acceptors (Lipinski definition) is 5. The molecule has 4 fully saturated rings. The fourth-order valence-electron chi connectivity index (χ4n) is 7.90. The van der Waals surface area contributed by atoms with Gasteiger partial charge < -0.3 is 14.6 Å². The number of rotatable bonds is 2. The van der Waals surface area contributed by atoms with E-state index in [0.29, 0.717) is 0 Å². The standard InChI is InChI=1S/C24H29F3O5/c1-20(2)31-19-9-13-14-8-16(26)15-7-12(28)5-6-21(15,3)23(14,27)17(29)10-22(13,4)24(19,32-20)18(30)11-25/h5-7,13-14,16-17,19,29H,8-11H2,1-4H3/t13?,14?,16-,17?,19+,21?,22?,23-,24+/m0/s1. The van der Waals surface area contributed by atoms with Crippen molar-refractivity contribution in [2.45, 2.75) is 82.4 Å². The first-order chi connectivity index (χ1) is 14.8. The smallest absolute Gasteiger partial charge is 0.198 e. The van der Waals surface area contributed by atoms with E-state index in [-0.39, 0.29) is 24.8 Å². The second kappa shape index (κ2) is 6.33. The molecule has 0 spiro atoms. The van der Waals surface area contributed by atoms with Crippen LogP contribution in [0.4, 0.5) is 13.2 Å². The van der Waals surface area contributed by atoms with Crippen molar-refractivity contribution in [2.75, 3.05) is 6.67 Å². The van der Waals surface area contributed by atoms with Crippen LogP contribution in [0.25, 0.3) is 0 Å². The zero-order valence-electron chi connectivity index (χ0n) is 18.7. The summed E-state index contributed by atoms with van der Waals surface area (Å²) < 4.78 is 58.5. The highest BCUT2D eigenvalue weighted by Crippen LogP contribution is 2.72. The van der Waals surface area contributed by atoms with E-state index in [0.717, 1.165) is 6.08 Å². The molecule has 0 radical (unpaired) electrons. The quantitative estimate of drug-likeness (QED) is 0.693. The van der Waals surface area contributed by atoms with Crippen molar-refractivity contribution in [3.05, 3.63) is 23.8 Å². The highest BCUT2D eigenvalue weighted by atomic mass is 19.1. The number of halogens is 3. The molecule has 8 heteroatoms. The number of ketones is 2. The van der Waals surface area contributed by atoms with Gasteiger partial charge in [0, 0.05) is 16.7 Å². The third-order valence-electron chi connectivity index (χ3n) is 9.16. The summed E-state index contributed by atoms with van der Waals surface area (Å²) in [5.41, 5.74) is -6.58. The number of alkyl halides is 3. The van der Waals surface area contributed by atoms with Crippen molar-refractivity contribution < 1.29 is 37.3 Å². The van der Waals surface area contributed by atoms with Gasteiger partial charge in [0.15, 0.2) is 35.3 Å². The van der Waals surface area contributed by atoms with Gasteiger partial charge in [-0.2, -0.15) is 0 Å². The second-order valence-corrected chi connectivity index (χ2v) is 11.0. The zero-order chi connectivity index (χ0) is 23.5. The minimum atomic E-state index is -2.27. The maximum absolute atomic E-state index is 17.1. The topological polar surface area (TPSA) is 72.8 Å². The predicted molar refractivity (Wildman–Crippen MR) is 108 cm³/mol. The SMILES string of the molecule is CC1(C)O[C@@H]2CC3C4C[C@H](F)C5=CC(=O)C=CC5(C)[C@@]4(F)C(O)CC3(C)[C@]2(C(=O)CF)O1. The van der Waals surface area contributed by atoms with Gasteiger partial charge in [0.1, 0.15) is 6.17 Å². The van der Waals surface area contributed by atoms with Gasteiger partial charge in [0.05, 0.1) is 12.2 Å². The molecule has 32 heavy (non-hydrogen) atoms. The summed E-state index contributed by atoms with van der Waals surface area (Å²) in [6.45, 7) is 5.22. The third-order valence-corrected chi connectivity index (χ3v) is 9.16. The molecule has 0 amide bonds. The van der Waals surface area contributed by atoms with Crippen molar-refractivity contribution in [1.29, 1.82) is 0 Å². The molecule has 5 unspecified atom stereocenters. The fraction of sp³-hybridized carbons (Fsp3) is 0.750. The van der Waals surface area contributed by atoms with Gasteiger partial charge in [-0.05, 0) is 63.7 Å². The van der Waals surface area contributed by atoms with Crippen LogP contribution >= 0.6 is 0 Å². The number of carbonyl (C=O) groups excluding carboxylic acids is 2. The number of aliphatic hydroxyl groups is 1. The molecule has 9 atom stereocenters. The van der Waals surface area contributed by atoms with Gasteiger partial charge >= 0.3 is 0 Å². The molecule has 176 valence electrons. The first-order valence-electron chi connectivity index (χ1n) is 11.2. The maximum Gasteiger partial charge on any atom is 0.198 e. The summed E-state index contributed by atoms with van der Waals surface area (Å²) in [7, 11) is 0. The molecule has 4 aliphatic carbocycles. The average molecular weight is 454 g/mol. The van der Waals surface area contributed by atoms with E-state index in [9.17, 15) is 19.1 Å². The van der Waals surface area contributed by atoms with Gasteiger partial charge in [-0.15, -0.1) is 0 Å².